The van der Waals surface area contributed by atoms with Gasteiger partial charge < -0.3 is 9.84 Å². The third-order valence-electron chi connectivity index (χ3n) is 7.39. The smallest absolute Gasteiger partial charge is 0.309 e. The summed E-state index contributed by atoms with van der Waals surface area (Å²) < 4.78 is 5.45. The molecule has 2 aliphatic rings. The summed E-state index contributed by atoms with van der Waals surface area (Å²) in [4.78, 5) is 63.6. The van der Waals surface area contributed by atoms with Crippen molar-refractivity contribution in [1.82, 2.24) is 0 Å². The normalized spacial score (nSPS) is 16.5. The number of allylic oxidation sites excluding steroid dienone is 8. The molecule has 0 unspecified atom stereocenters. The SMILES string of the molecule is COC(C)(C)CCCC1=CC(=O)C=C(c2ccccc2C2=CC(=O)C=C(CCCC(C)(C)C(=O)O)C2=O)C1=O. The highest BCUT2D eigenvalue weighted by molar-refractivity contribution is 6.40. The van der Waals surface area contributed by atoms with Gasteiger partial charge in [0.1, 0.15) is 0 Å². The molecule has 0 heterocycles. The molecule has 39 heavy (non-hydrogen) atoms. The molecule has 0 radical (unpaired) electrons. The lowest BCUT2D eigenvalue weighted by atomic mass is 9.81. The Morgan fingerprint density at radius 3 is 1.59 bits per heavy atom. The summed E-state index contributed by atoms with van der Waals surface area (Å²) >= 11 is 0. The van der Waals surface area contributed by atoms with E-state index in [0.29, 0.717) is 54.4 Å². The molecule has 3 rings (SSSR count). The fourth-order valence-electron chi connectivity index (χ4n) is 4.68. The largest absolute Gasteiger partial charge is 0.481 e. The first-order valence-corrected chi connectivity index (χ1v) is 13.2. The average Bonchev–Trinajstić information content (AvgIpc) is 2.87. The summed E-state index contributed by atoms with van der Waals surface area (Å²) in [6.07, 6.45) is 7.99. The van der Waals surface area contributed by atoms with Gasteiger partial charge in [0.25, 0.3) is 0 Å². The van der Waals surface area contributed by atoms with E-state index in [1.165, 1.54) is 24.3 Å². The number of carbonyl (C=O) groups is 5. The van der Waals surface area contributed by atoms with Crippen molar-refractivity contribution in [3.05, 3.63) is 70.8 Å². The van der Waals surface area contributed by atoms with Gasteiger partial charge >= 0.3 is 5.97 Å². The van der Waals surface area contributed by atoms with Crippen LogP contribution in [0.15, 0.2) is 59.7 Å². The molecule has 0 aliphatic heterocycles. The Morgan fingerprint density at radius 1 is 0.744 bits per heavy atom. The van der Waals surface area contributed by atoms with Crippen LogP contribution in [-0.2, 0) is 28.7 Å². The Morgan fingerprint density at radius 2 is 1.18 bits per heavy atom. The molecule has 206 valence electrons. The maximum atomic E-state index is 13.5. The van der Waals surface area contributed by atoms with E-state index in [0.717, 1.165) is 0 Å². The van der Waals surface area contributed by atoms with E-state index < -0.39 is 11.4 Å². The van der Waals surface area contributed by atoms with Crippen LogP contribution in [0.1, 0.15) is 77.3 Å². The van der Waals surface area contributed by atoms with Crippen molar-refractivity contribution in [2.75, 3.05) is 7.11 Å². The van der Waals surface area contributed by atoms with E-state index in [1.54, 1.807) is 45.2 Å². The lowest BCUT2D eigenvalue weighted by Crippen LogP contribution is -2.23. The van der Waals surface area contributed by atoms with Gasteiger partial charge in [0, 0.05) is 29.4 Å². The number of ketones is 4. The van der Waals surface area contributed by atoms with Crippen LogP contribution < -0.4 is 0 Å². The monoisotopic (exact) mass is 532 g/mol. The summed E-state index contributed by atoms with van der Waals surface area (Å²) in [5.41, 5.74) is 0.585. The zero-order valence-corrected chi connectivity index (χ0v) is 23.3. The van der Waals surface area contributed by atoms with Gasteiger partial charge in [0.05, 0.1) is 11.0 Å². The third-order valence-corrected chi connectivity index (χ3v) is 7.39. The van der Waals surface area contributed by atoms with Gasteiger partial charge in [-0.05, 0) is 102 Å². The van der Waals surface area contributed by atoms with Crippen LogP contribution in [-0.4, -0.2) is 46.9 Å². The minimum absolute atomic E-state index is 0.157. The first-order chi connectivity index (χ1) is 18.3. The van der Waals surface area contributed by atoms with E-state index in [4.69, 9.17) is 4.74 Å². The molecule has 0 bridgehead atoms. The Balaban J connectivity index is 1.84. The van der Waals surface area contributed by atoms with Crippen LogP contribution in [0.5, 0.6) is 0 Å². The van der Waals surface area contributed by atoms with E-state index in [-0.39, 0.29) is 46.3 Å². The molecule has 1 N–H and O–H groups in total. The number of benzene rings is 1. The molecule has 1 aromatic carbocycles. The molecule has 1 aromatic rings. The van der Waals surface area contributed by atoms with Crippen LogP contribution in [0.3, 0.4) is 0 Å². The number of methoxy groups -OCH3 is 1. The lowest BCUT2D eigenvalue weighted by molar-refractivity contribution is -0.147. The summed E-state index contributed by atoms with van der Waals surface area (Å²) in [5, 5.41) is 9.36. The molecule has 0 saturated carbocycles. The number of carbonyl (C=O) groups excluding carboxylic acids is 4. The molecule has 0 spiro atoms. The number of carboxylic acid groups (broad SMARTS) is 1. The highest BCUT2D eigenvalue weighted by atomic mass is 16.5. The van der Waals surface area contributed by atoms with Crippen molar-refractivity contribution in [3.8, 4) is 0 Å². The first kappa shape index (κ1) is 29.8. The van der Waals surface area contributed by atoms with Crippen molar-refractivity contribution in [3.63, 3.8) is 0 Å². The Kier molecular flexibility index (Phi) is 9.18. The molecule has 7 heteroatoms. The lowest BCUT2D eigenvalue weighted by Gasteiger charge is -2.23. The van der Waals surface area contributed by atoms with E-state index in [1.807, 2.05) is 13.8 Å². The van der Waals surface area contributed by atoms with Gasteiger partial charge in [0.2, 0.25) is 0 Å². The van der Waals surface area contributed by atoms with Gasteiger partial charge in [-0.15, -0.1) is 0 Å². The van der Waals surface area contributed by atoms with Crippen molar-refractivity contribution < 1.29 is 33.8 Å². The second kappa shape index (κ2) is 12.0. The number of aliphatic carboxylic acids is 1. The number of Topliss-reactive ketones (excluding diaryl/α,β-unsaturated/α-hetero) is 2. The number of hydrogen-bond acceptors (Lipinski definition) is 6. The zero-order valence-electron chi connectivity index (χ0n) is 23.3. The van der Waals surface area contributed by atoms with Crippen LogP contribution >= 0.6 is 0 Å². The van der Waals surface area contributed by atoms with Gasteiger partial charge in [-0.2, -0.15) is 0 Å². The fourth-order valence-corrected chi connectivity index (χ4v) is 4.68. The fraction of sp³-hybridized carbons (Fsp3) is 0.406. The number of ether oxygens (including phenoxy) is 1. The zero-order chi connectivity index (χ0) is 29.0. The number of carboxylic acids is 1. The summed E-state index contributed by atoms with van der Waals surface area (Å²) in [7, 11) is 1.63. The molecule has 0 atom stereocenters. The van der Waals surface area contributed by atoms with E-state index >= 15 is 0 Å². The van der Waals surface area contributed by atoms with Gasteiger partial charge in [-0.25, -0.2) is 0 Å². The summed E-state index contributed by atoms with van der Waals surface area (Å²) in [6, 6.07) is 6.77. The highest BCUT2D eigenvalue weighted by Gasteiger charge is 2.31. The second-order valence-electron chi connectivity index (χ2n) is 11.3. The predicted octanol–water partition coefficient (Wildman–Crippen LogP) is 5.49. The predicted molar refractivity (Wildman–Crippen MR) is 149 cm³/mol. The molecular weight excluding hydrogens is 496 g/mol. The van der Waals surface area contributed by atoms with Gasteiger partial charge in [0.15, 0.2) is 23.1 Å². The quantitative estimate of drug-likeness (QED) is 0.354. The van der Waals surface area contributed by atoms with Crippen LogP contribution in [0, 0.1) is 5.41 Å². The van der Waals surface area contributed by atoms with Gasteiger partial charge in [-0.1, -0.05) is 24.3 Å². The molecule has 0 saturated heterocycles. The van der Waals surface area contributed by atoms with Crippen molar-refractivity contribution in [2.45, 2.75) is 71.8 Å². The average molecular weight is 533 g/mol. The molecule has 0 amide bonds. The number of rotatable bonds is 12. The Labute approximate surface area is 229 Å². The standard InChI is InChI=1S/C32H36O7/c1-31(2,30(37)38)14-8-10-20-16-22(33)18-26(28(20)35)24-12-6-7-13-25(24)27-19-23(34)17-21(29(27)36)11-9-15-32(3,4)39-5/h6-7,12-13,16-19H,8-11,14-15H2,1-5H3,(H,37,38). The topological polar surface area (TPSA) is 115 Å². The summed E-state index contributed by atoms with van der Waals surface area (Å²) in [6.45, 7) is 7.17. The highest BCUT2D eigenvalue weighted by Crippen LogP contribution is 2.35. The third kappa shape index (κ3) is 7.24. The van der Waals surface area contributed by atoms with E-state index in [2.05, 4.69) is 0 Å². The molecule has 0 aromatic heterocycles. The van der Waals surface area contributed by atoms with Crippen molar-refractivity contribution in [2.24, 2.45) is 5.41 Å². The molecule has 7 nitrogen and oxygen atoms in total. The maximum absolute atomic E-state index is 13.5. The van der Waals surface area contributed by atoms with Gasteiger partial charge in [-0.3, -0.25) is 24.0 Å². The Bertz CT molecular complexity index is 1330. The molecular formula is C32H36O7. The first-order valence-electron chi connectivity index (χ1n) is 13.2. The number of hydrogen-bond donors (Lipinski definition) is 1. The van der Waals surface area contributed by atoms with Crippen LogP contribution in [0.4, 0.5) is 0 Å². The summed E-state index contributed by atoms with van der Waals surface area (Å²) in [5.74, 6) is -2.20. The van der Waals surface area contributed by atoms with Crippen LogP contribution in [0.2, 0.25) is 0 Å². The minimum Gasteiger partial charge on any atom is -0.481 e. The van der Waals surface area contributed by atoms with Crippen molar-refractivity contribution >= 4 is 40.2 Å². The minimum atomic E-state index is -0.946. The van der Waals surface area contributed by atoms with E-state index in [9.17, 15) is 29.1 Å². The Hall–Kier alpha value is -3.71. The molecule has 0 fully saturated rings. The van der Waals surface area contributed by atoms with Crippen LogP contribution in [0.25, 0.3) is 11.1 Å². The second-order valence-corrected chi connectivity index (χ2v) is 11.3. The maximum Gasteiger partial charge on any atom is 0.309 e. The molecule has 2 aliphatic carbocycles. The van der Waals surface area contributed by atoms with Crippen molar-refractivity contribution in [1.29, 1.82) is 0 Å².